The Balaban J connectivity index is 2.62. The number of rotatable bonds is 1. The average Bonchev–Trinajstić information content (AvgIpc) is 1.41. The number of hydrogen-bond acceptors (Lipinski definition) is 0. The second-order valence-corrected chi connectivity index (χ2v) is 2.54. The summed E-state index contributed by atoms with van der Waals surface area (Å²) in [6.45, 7) is 2.12. The topological polar surface area (TPSA) is 0 Å². The quantitative estimate of drug-likeness (QED) is 0.290. The third-order valence-corrected chi connectivity index (χ3v) is 1.28. The second kappa shape index (κ2) is 4.71. The van der Waals surface area contributed by atoms with Gasteiger partial charge < -0.3 is 0 Å². The summed E-state index contributed by atoms with van der Waals surface area (Å²) in [4.78, 5) is 0. The van der Waals surface area contributed by atoms with Crippen molar-refractivity contribution in [2.24, 2.45) is 0 Å². The van der Waals surface area contributed by atoms with Gasteiger partial charge in [0.05, 0.1) is 0 Å². The van der Waals surface area contributed by atoms with Gasteiger partial charge >= 0.3 is 39.5 Å². The maximum atomic E-state index is 3.86. The van der Waals surface area contributed by atoms with Gasteiger partial charge in [-0.05, 0) is 0 Å². The van der Waals surface area contributed by atoms with E-state index in [0.29, 0.717) is 0 Å². The third-order valence-electron chi connectivity index (χ3n) is 0.264. The van der Waals surface area contributed by atoms with Crippen LogP contribution in [-0.2, 0) is 0 Å². The zero-order valence-electron chi connectivity index (χ0n) is 3.18. The average molecular weight is 104 g/mol. The van der Waals surface area contributed by atoms with Crippen molar-refractivity contribution in [1.82, 2.24) is 0 Å². The van der Waals surface area contributed by atoms with E-state index < -0.39 is 0 Å². The molecule has 0 aliphatic carbocycles. The summed E-state index contributed by atoms with van der Waals surface area (Å²) in [6.07, 6.45) is 1.18. The maximum absolute atomic E-state index is 3.86. The van der Waals surface area contributed by atoms with Crippen LogP contribution >= 0.6 is 20.6 Å². The zero-order valence-corrected chi connectivity index (χ0v) is 4.97. The van der Waals surface area contributed by atoms with Crippen LogP contribution < -0.4 is 0 Å². The van der Waals surface area contributed by atoms with E-state index in [0.717, 1.165) is 0 Å². The predicted molar refractivity (Wildman–Crippen MR) is 32.2 cm³/mol. The van der Waals surface area contributed by atoms with Crippen molar-refractivity contribution in [2.45, 2.75) is 6.92 Å². The molecule has 0 aliphatic rings. The van der Waals surface area contributed by atoms with E-state index in [1.807, 2.05) is 5.90 Å². The molecule has 0 fully saturated rings. The fraction of sp³-hybridized carbons (Fsp3) is 1.00. The molecule has 0 amide bonds. The van der Waals surface area contributed by atoms with E-state index in [9.17, 15) is 0 Å². The van der Waals surface area contributed by atoms with Crippen LogP contribution in [0.4, 0.5) is 0 Å². The summed E-state index contributed by atoms with van der Waals surface area (Å²) >= 11 is 3.86. The van der Waals surface area contributed by atoms with Crippen molar-refractivity contribution in [2.75, 3.05) is 6.16 Å². The van der Waals surface area contributed by atoms with Gasteiger partial charge in [0.25, 0.3) is 0 Å². The Morgan fingerprint density at radius 2 is 2.60 bits per heavy atom. The summed E-state index contributed by atoms with van der Waals surface area (Å²) in [6, 6.07) is 0. The van der Waals surface area contributed by atoms with Gasteiger partial charge in [0.2, 0.25) is 0 Å². The van der Waals surface area contributed by atoms with Crippen molar-refractivity contribution >= 4 is 26.4 Å². The molecule has 3 heteroatoms. The molecule has 0 saturated heterocycles. The van der Waals surface area contributed by atoms with Crippen molar-refractivity contribution in [1.29, 1.82) is 0 Å². The van der Waals surface area contributed by atoms with Crippen LogP contribution in [0.3, 0.4) is 0 Å². The molecule has 0 aromatic carbocycles. The van der Waals surface area contributed by atoms with Gasteiger partial charge in [0.1, 0.15) is 0 Å². The Morgan fingerprint density at radius 1 is 2.00 bits per heavy atom. The van der Waals surface area contributed by atoms with Crippen LogP contribution in [0.5, 0.6) is 0 Å². The first-order valence-electron chi connectivity index (χ1n) is 1.54. The van der Waals surface area contributed by atoms with E-state index in [1.165, 1.54) is 14.2 Å². The molecule has 0 radical (unpaired) electrons. The Kier molecular flexibility index (Phi) is 5.39. The fourth-order valence-corrected chi connectivity index (χ4v) is 0.735. The van der Waals surface area contributed by atoms with Crippen LogP contribution in [0.25, 0.3) is 0 Å². The van der Waals surface area contributed by atoms with E-state index >= 15 is 0 Å². The first-order chi connectivity index (χ1) is 2.41. The van der Waals surface area contributed by atoms with Gasteiger partial charge in [0, 0.05) is 0 Å². The molecule has 5 heavy (non-hydrogen) atoms. The number of thiol groups is 1. The van der Waals surface area contributed by atoms with Crippen molar-refractivity contribution < 1.29 is 0 Å². The summed E-state index contributed by atoms with van der Waals surface area (Å²) in [5, 5.41) is 0. The van der Waals surface area contributed by atoms with Gasteiger partial charge in [-0.2, -0.15) is 0 Å². The molecule has 0 bridgehead atoms. The monoisotopic (exact) mass is 104 g/mol. The predicted octanol–water partition coefficient (Wildman–Crippen LogP) is 1.42. The van der Waals surface area contributed by atoms with Gasteiger partial charge in [0.15, 0.2) is 0 Å². The van der Waals surface area contributed by atoms with Crippen LogP contribution in [0, 0.1) is 0 Å². The minimum atomic E-state index is 1.18. The standard InChI is InChI=1S/C2H6BPS/c1-2-4-3-5/h5H,2H2,1H3. The molecule has 0 rings (SSSR count). The third kappa shape index (κ3) is 4.71. The Morgan fingerprint density at radius 3 is 2.60 bits per heavy atom. The van der Waals surface area contributed by atoms with E-state index in [4.69, 9.17) is 0 Å². The van der Waals surface area contributed by atoms with Crippen LogP contribution in [0.15, 0.2) is 0 Å². The van der Waals surface area contributed by atoms with Crippen LogP contribution in [-0.4, -0.2) is 12.1 Å². The molecular weight excluding hydrogens is 97.9 g/mol. The molecule has 0 N–H and O–H groups in total. The first-order valence-corrected chi connectivity index (χ1v) is 3.20. The molecule has 0 aromatic heterocycles. The molecule has 0 nitrogen and oxygen atoms in total. The normalized spacial score (nSPS) is 8.40. The molecule has 28 valence electrons. The van der Waals surface area contributed by atoms with Crippen molar-refractivity contribution in [3.05, 3.63) is 0 Å². The van der Waals surface area contributed by atoms with Gasteiger partial charge in [-0.25, -0.2) is 0 Å². The first kappa shape index (κ1) is 5.71. The molecular formula is C2H6BPS. The minimum absolute atomic E-state index is 1.18. The van der Waals surface area contributed by atoms with Crippen molar-refractivity contribution in [3.8, 4) is 0 Å². The van der Waals surface area contributed by atoms with Crippen LogP contribution in [0.2, 0.25) is 0 Å². The molecule has 0 spiro atoms. The molecule has 0 aromatic rings. The SMILES string of the molecule is CCP=BS. The van der Waals surface area contributed by atoms with E-state index in [-0.39, 0.29) is 0 Å². The summed E-state index contributed by atoms with van der Waals surface area (Å²) in [7, 11) is 1.32. The van der Waals surface area contributed by atoms with E-state index in [2.05, 4.69) is 19.4 Å². The molecule has 0 heterocycles. The Bertz CT molecular complexity index is 36.6. The number of hydrogen-bond donors (Lipinski definition) is 1. The molecule has 0 unspecified atom stereocenters. The summed E-state index contributed by atoms with van der Waals surface area (Å²) in [5.41, 5.74) is 0. The van der Waals surface area contributed by atoms with E-state index in [1.54, 1.807) is 0 Å². The molecule has 0 atom stereocenters. The van der Waals surface area contributed by atoms with Gasteiger partial charge in [-0.3, -0.25) is 0 Å². The molecule has 0 saturated carbocycles. The van der Waals surface area contributed by atoms with Crippen molar-refractivity contribution in [3.63, 3.8) is 0 Å². The summed E-state index contributed by atoms with van der Waals surface area (Å²) < 4.78 is 0. The zero-order chi connectivity index (χ0) is 4.12. The Hall–Kier alpha value is 0.715. The molecule has 0 aliphatic heterocycles. The Labute approximate surface area is 40.2 Å². The fourth-order valence-electron chi connectivity index (χ4n) is 0.0816. The van der Waals surface area contributed by atoms with Gasteiger partial charge in [-0.15, -0.1) is 0 Å². The van der Waals surface area contributed by atoms with Gasteiger partial charge in [-0.1, -0.05) is 0 Å². The van der Waals surface area contributed by atoms with Crippen LogP contribution in [0.1, 0.15) is 6.92 Å². The second-order valence-electron chi connectivity index (χ2n) is 0.614. The summed E-state index contributed by atoms with van der Waals surface area (Å²) in [5.74, 6) is 1.85.